The Morgan fingerprint density at radius 3 is 2.64 bits per heavy atom. The molecule has 0 radical (unpaired) electrons. The van der Waals surface area contributed by atoms with Gasteiger partial charge in [-0.1, -0.05) is 41.4 Å². The average molecular weight is 355 g/mol. The Hall–Kier alpha value is -2.02. The highest BCUT2D eigenvalue weighted by Gasteiger charge is 2.05. The van der Waals surface area contributed by atoms with Crippen molar-refractivity contribution in [3.8, 4) is 5.75 Å². The fourth-order valence-corrected chi connectivity index (χ4v) is 2.14. The van der Waals surface area contributed by atoms with Crippen LogP contribution in [0.25, 0.3) is 0 Å². The molecule has 22 heavy (non-hydrogen) atoms. The van der Waals surface area contributed by atoms with Gasteiger partial charge in [0.1, 0.15) is 5.75 Å². The molecule has 114 valence electrons. The topological polar surface area (TPSA) is 68.7 Å². The minimum absolute atomic E-state index is 0.0992. The third-order valence-electron chi connectivity index (χ3n) is 2.52. The second-order valence-corrected chi connectivity index (χ2v) is 5.39. The van der Waals surface area contributed by atoms with Crippen LogP contribution in [-0.4, -0.2) is 16.4 Å². The van der Waals surface area contributed by atoms with Gasteiger partial charge in [-0.25, -0.2) is 0 Å². The van der Waals surface area contributed by atoms with Crippen LogP contribution in [0, 0.1) is 0 Å². The van der Waals surface area contributed by atoms with E-state index >= 15 is 0 Å². The number of benzene rings is 2. The van der Waals surface area contributed by atoms with Gasteiger partial charge in [-0.3, -0.25) is 16.3 Å². The minimum Gasteiger partial charge on any atom is -0.506 e. The number of phenolic OH excluding ortho intramolecular Hbond substituents is 1. The normalized spacial score (nSPS) is 10.5. The SMILES string of the molecule is Oc1c(Cl)cc(Cl)cc1C=NNC(=S)NNc1ccccc1. The molecule has 0 saturated carbocycles. The summed E-state index contributed by atoms with van der Waals surface area (Å²) in [5.74, 6) is -0.0992. The van der Waals surface area contributed by atoms with Gasteiger partial charge in [-0.15, -0.1) is 0 Å². The van der Waals surface area contributed by atoms with Gasteiger partial charge < -0.3 is 5.11 Å². The van der Waals surface area contributed by atoms with Gasteiger partial charge in [0.25, 0.3) is 0 Å². The first kappa shape index (κ1) is 16.4. The fourth-order valence-electron chi connectivity index (χ4n) is 1.52. The highest BCUT2D eigenvalue weighted by Crippen LogP contribution is 2.29. The van der Waals surface area contributed by atoms with Gasteiger partial charge >= 0.3 is 0 Å². The zero-order valence-electron chi connectivity index (χ0n) is 11.2. The Morgan fingerprint density at radius 2 is 1.91 bits per heavy atom. The maximum atomic E-state index is 9.77. The zero-order valence-corrected chi connectivity index (χ0v) is 13.5. The van der Waals surface area contributed by atoms with Gasteiger partial charge in [-0.05, 0) is 36.5 Å². The van der Waals surface area contributed by atoms with E-state index in [2.05, 4.69) is 21.4 Å². The van der Waals surface area contributed by atoms with Gasteiger partial charge in [0.2, 0.25) is 5.11 Å². The largest absolute Gasteiger partial charge is 0.506 e. The van der Waals surface area contributed by atoms with Gasteiger partial charge in [-0.2, -0.15) is 5.10 Å². The van der Waals surface area contributed by atoms with Crippen molar-refractivity contribution in [2.75, 3.05) is 5.43 Å². The number of phenols is 1. The Morgan fingerprint density at radius 1 is 1.18 bits per heavy atom. The summed E-state index contributed by atoms with van der Waals surface area (Å²) in [7, 11) is 0. The molecule has 0 fully saturated rings. The number of rotatable bonds is 4. The summed E-state index contributed by atoms with van der Waals surface area (Å²) in [6.07, 6.45) is 1.36. The van der Waals surface area contributed by atoms with Crippen molar-refractivity contribution < 1.29 is 5.11 Å². The Balaban J connectivity index is 1.88. The molecule has 0 aromatic heterocycles. The van der Waals surface area contributed by atoms with Crippen molar-refractivity contribution in [3.05, 3.63) is 58.1 Å². The molecule has 0 heterocycles. The lowest BCUT2D eigenvalue weighted by Crippen LogP contribution is -2.36. The van der Waals surface area contributed by atoms with Crippen LogP contribution in [0.1, 0.15) is 5.56 Å². The number of hydrogen-bond acceptors (Lipinski definition) is 4. The quantitative estimate of drug-likeness (QED) is 0.384. The molecule has 0 unspecified atom stereocenters. The van der Waals surface area contributed by atoms with E-state index < -0.39 is 0 Å². The number of nitrogens with zero attached hydrogens (tertiary/aromatic N) is 1. The molecular formula is C14H12Cl2N4OS. The molecule has 0 aliphatic carbocycles. The molecule has 2 rings (SSSR count). The molecule has 4 N–H and O–H groups in total. The predicted molar refractivity (Wildman–Crippen MR) is 94.7 cm³/mol. The van der Waals surface area contributed by atoms with Crippen LogP contribution in [-0.2, 0) is 0 Å². The summed E-state index contributed by atoms with van der Waals surface area (Å²) in [6, 6.07) is 12.4. The lowest BCUT2D eigenvalue weighted by Gasteiger charge is -2.09. The number of hydrogen-bond donors (Lipinski definition) is 4. The summed E-state index contributed by atoms with van der Waals surface area (Å²) < 4.78 is 0. The van der Waals surface area contributed by atoms with Crippen LogP contribution in [0.4, 0.5) is 5.69 Å². The summed E-state index contributed by atoms with van der Waals surface area (Å²) in [5, 5.41) is 14.5. The van der Waals surface area contributed by atoms with E-state index in [9.17, 15) is 5.11 Å². The van der Waals surface area contributed by atoms with E-state index in [4.69, 9.17) is 35.4 Å². The summed E-state index contributed by atoms with van der Waals surface area (Å²) in [6.45, 7) is 0. The van der Waals surface area contributed by atoms with Gasteiger partial charge in [0.15, 0.2) is 0 Å². The Labute approximate surface area is 142 Å². The number of halogens is 2. The number of hydrazine groups is 1. The standard InChI is InChI=1S/C14H12Cl2N4OS/c15-10-6-9(13(21)12(16)7-10)8-17-19-14(22)20-18-11-4-2-1-3-5-11/h1-8,18,21H,(H2,19,20,22). The number of para-hydroxylation sites is 1. The Kier molecular flexibility index (Phi) is 5.83. The molecule has 0 saturated heterocycles. The first-order valence-corrected chi connectivity index (χ1v) is 7.31. The van der Waals surface area contributed by atoms with E-state index in [1.54, 1.807) is 0 Å². The number of thiocarbonyl (C=S) groups is 1. The molecule has 0 aliphatic heterocycles. The van der Waals surface area contributed by atoms with Crippen LogP contribution >= 0.6 is 35.4 Å². The molecule has 8 heteroatoms. The molecular weight excluding hydrogens is 343 g/mol. The number of hydrazone groups is 1. The first-order chi connectivity index (χ1) is 10.6. The third-order valence-corrected chi connectivity index (χ3v) is 3.22. The average Bonchev–Trinajstić information content (AvgIpc) is 2.51. The van der Waals surface area contributed by atoms with E-state index in [0.29, 0.717) is 10.6 Å². The predicted octanol–water partition coefficient (Wildman–Crippen LogP) is 3.52. The third kappa shape index (κ3) is 4.77. The summed E-state index contributed by atoms with van der Waals surface area (Å²) >= 11 is 16.7. The van der Waals surface area contributed by atoms with E-state index in [1.807, 2.05) is 30.3 Å². The second-order valence-electron chi connectivity index (χ2n) is 4.14. The maximum Gasteiger partial charge on any atom is 0.205 e. The maximum absolute atomic E-state index is 9.77. The number of aromatic hydroxyl groups is 1. The number of anilines is 1. The first-order valence-electron chi connectivity index (χ1n) is 6.14. The zero-order chi connectivity index (χ0) is 15.9. The second kappa shape index (κ2) is 7.84. The van der Waals surface area contributed by atoms with Crippen LogP contribution in [0.15, 0.2) is 47.6 Å². The molecule has 0 bridgehead atoms. The van der Waals surface area contributed by atoms with Crippen LogP contribution in [0.5, 0.6) is 5.75 Å². The lowest BCUT2D eigenvalue weighted by atomic mass is 10.2. The van der Waals surface area contributed by atoms with E-state index in [1.165, 1.54) is 18.3 Å². The van der Waals surface area contributed by atoms with Crippen molar-refractivity contribution in [2.45, 2.75) is 0 Å². The van der Waals surface area contributed by atoms with Crippen LogP contribution in [0.2, 0.25) is 10.0 Å². The van der Waals surface area contributed by atoms with Crippen LogP contribution in [0.3, 0.4) is 0 Å². The van der Waals surface area contributed by atoms with Crippen molar-refractivity contribution in [1.29, 1.82) is 0 Å². The van der Waals surface area contributed by atoms with Crippen LogP contribution < -0.4 is 16.3 Å². The summed E-state index contributed by atoms with van der Waals surface area (Å²) in [4.78, 5) is 0. The van der Waals surface area contributed by atoms with E-state index in [0.717, 1.165) is 5.69 Å². The Bertz CT molecular complexity index is 695. The lowest BCUT2D eigenvalue weighted by molar-refractivity contribution is 0.474. The molecule has 0 amide bonds. The highest BCUT2D eigenvalue weighted by molar-refractivity contribution is 7.80. The molecule has 2 aromatic rings. The van der Waals surface area contributed by atoms with Gasteiger partial charge in [0.05, 0.1) is 16.9 Å². The van der Waals surface area contributed by atoms with Crippen molar-refractivity contribution in [3.63, 3.8) is 0 Å². The van der Waals surface area contributed by atoms with E-state index in [-0.39, 0.29) is 15.9 Å². The molecule has 2 aromatic carbocycles. The molecule has 0 atom stereocenters. The monoisotopic (exact) mass is 354 g/mol. The summed E-state index contributed by atoms with van der Waals surface area (Å²) in [5.41, 5.74) is 9.50. The molecule has 5 nitrogen and oxygen atoms in total. The smallest absolute Gasteiger partial charge is 0.205 e. The van der Waals surface area contributed by atoms with Crippen molar-refractivity contribution in [2.24, 2.45) is 5.10 Å². The minimum atomic E-state index is -0.0992. The van der Waals surface area contributed by atoms with Gasteiger partial charge in [0, 0.05) is 10.6 Å². The highest BCUT2D eigenvalue weighted by atomic mass is 35.5. The molecule has 0 aliphatic rings. The van der Waals surface area contributed by atoms with Crippen molar-refractivity contribution >= 4 is 52.4 Å². The number of nitrogens with one attached hydrogen (secondary N) is 3. The molecule has 0 spiro atoms. The van der Waals surface area contributed by atoms with Crippen molar-refractivity contribution in [1.82, 2.24) is 10.9 Å². The fraction of sp³-hybridized carbons (Fsp3) is 0.